The third-order valence-corrected chi connectivity index (χ3v) is 3.62. The van der Waals surface area contributed by atoms with Crippen molar-refractivity contribution in [3.63, 3.8) is 0 Å². The van der Waals surface area contributed by atoms with Gasteiger partial charge in [-0.25, -0.2) is 13.1 Å². The van der Waals surface area contributed by atoms with E-state index < -0.39 is 10.0 Å². The van der Waals surface area contributed by atoms with Gasteiger partial charge in [-0.2, -0.15) is 0 Å². The smallest absolute Gasteiger partial charge is 0.212 e. The predicted octanol–water partition coefficient (Wildman–Crippen LogP) is 0.723. The molecule has 0 aromatic heterocycles. The number of hydrogen-bond acceptors (Lipinski definition) is 3. The number of sulfonamides is 1. The zero-order valence-corrected chi connectivity index (χ0v) is 10.2. The summed E-state index contributed by atoms with van der Waals surface area (Å²) in [5.74, 6) is 0.0799. The van der Waals surface area contributed by atoms with Gasteiger partial charge < -0.3 is 5.11 Å². The maximum Gasteiger partial charge on any atom is 0.212 e. The van der Waals surface area contributed by atoms with E-state index in [1.807, 2.05) is 27.7 Å². The zero-order chi connectivity index (χ0) is 11.4. The minimum atomic E-state index is -3.27. The van der Waals surface area contributed by atoms with Gasteiger partial charge in [0, 0.05) is 6.04 Å². The van der Waals surface area contributed by atoms with Gasteiger partial charge in [0.05, 0.1) is 12.4 Å². The first-order valence-electron chi connectivity index (χ1n) is 4.81. The first-order valence-corrected chi connectivity index (χ1v) is 6.46. The molecule has 0 bridgehead atoms. The van der Waals surface area contributed by atoms with E-state index in [1.165, 1.54) is 0 Å². The number of aliphatic hydroxyl groups excluding tert-OH is 1. The summed E-state index contributed by atoms with van der Waals surface area (Å²) in [5, 5.41) is 8.86. The molecule has 0 aliphatic carbocycles. The molecule has 0 aliphatic rings. The minimum absolute atomic E-state index is 0.0799. The summed E-state index contributed by atoms with van der Waals surface area (Å²) in [6.07, 6.45) is 0.597. The van der Waals surface area contributed by atoms with Gasteiger partial charge in [0.1, 0.15) is 0 Å². The van der Waals surface area contributed by atoms with Crippen molar-refractivity contribution in [2.24, 2.45) is 5.41 Å². The number of nitrogens with one attached hydrogen (secondary N) is 1. The Kier molecular flexibility index (Phi) is 5.05. The summed E-state index contributed by atoms with van der Waals surface area (Å²) < 4.78 is 25.6. The molecule has 0 unspecified atom stereocenters. The van der Waals surface area contributed by atoms with Gasteiger partial charge in [-0.1, -0.05) is 27.7 Å². The molecule has 0 aromatic carbocycles. The van der Waals surface area contributed by atoms with Crippen molar-refractivity contribution in [1.82, 2.24) is 4.72 Å². The van der Waals surface area contributed by atoms with Gasteiger partial charge in [-0.3, -0.25) is 0 Å². The average Bonchev–Trinajstić information content (AvgIpc) is 1.95. The molecule has 0 heterocycles. The molecule has 0 fully saturated rings. The Balaban J connectivity index is 4.35. The van der Waals surface area contributed by atoms with Crippen molar-refractivity contribution in [1.29, 1.82) is 0 Å². The molecule has 86 valence electrons. The molecule has 0 saturated carbocycles. The highest BCUT2D eigenvalue weighted by Gasteiger charge is 2.23. The first-order chi connectivity index (χ1) is 6.20. The van der Waals surface area contributed by atoms with E-state index in [1.54, 1.807) is 0 Å². The lowest BCUT2D eigenvalue weighted by molar-refractivity contribution is 0.253. The van der Waals surface area contributed by atoms with E-state index in [-0.39, 0.29) is 23.8 Å². The average molecular weight is 223 g/mol. The Bertz CT molecular complexity index is 250. The highest BCUT2D eigenvalue weighted by atomic mass is 32.2. The highest BCUT2D eigenvalue weighted by Crippen LogP contribution is 2.15. The highest BCUT2D eigenvalue weighted by molar-refractivity contribution is 7.89. The molecule has 14 heavy (non-hydrogen) atoms. The number of hydrogen-bond donors (Lipinski definition) is 2. The van der Waals surface area contributed by atoms with Crippen molar-refractivity contribution in [3.8, 4) is 0 Å². The number of aliphatic hydroxyl groups is 1. The molecule has 4 nitrogen and oxygen atoms in total. The molecule has 0 spiro atoms. The van der Waals surface area contributed by atoms with Crippen molar-refractivity contribution in [2.45, 2.75) is 40.2 Å². The van der Waals surface area contributed by atoms with Crippen LogP contribution in [0.1, 0.15) is 34.1 Å². The fourth-order valence-corrected chi connectivity index (χ4v) is 3.09. The van der Waals surface area contributed by atoms with Gasteiger partial charge in [0.15, 0.2) is 0 Å². The van der Waals surface area contributed by atoms with Crippen molar-refractivity contribution >= 4 is 10.0 Å². The Hall–Kier alpha value is -0.130. The van der Waals surface area contributed by atoms with Crippen LogP contribution in [0.4, 0.5) is 0 Å². The fraction of sp³-hybridized carbons (Fsp3) is 1.00. The maximum atomic E-state index is 11.6. The lowest BCUT2D eigenvalue weighted by Gasteiger charge is -2.21. The molecule has 0 rings (SSSR count). The Morgan fingerprint density at radius 2 is 1.86 bits per heavy atom. The zero-order valence-electron chi connectivity index (χ0n) is 9.37. The van der Waals surface area contributed by atoms with Gasteiger partial charge >= 0.3 is 0 Å². The van der Waals surface area contributed by atoms with Crippen molar-refractivity contribution in [3.05, 3.63) is 0 Å². The van der Waals surface area contributed by atoms with E-state index in [0.29, 0.717) is 6.42 Å². The van der Waals surface area contributed by atoms with Crippen LogP contribution >= 0.6 is 0 Å². The van der Waals surface area contributed by atoms with Crippen LogP contribution in [0.15, 0.2) is 0 Å². The second-order valence-electron chi connectivity index (χ2n) is 4.73. The van der Waals surface area contributed by atoms with Crippen LogP contribution in [-0.2, 0) is 10.0 Å². The second kappa shape index (κ2) is 5.09. The third-order valence-electron chi connectivity index (χ3n) is 1.68. The molecule has 1 atom stereocenters. The first kappa shape index (κ1) is 13.9. The lowest BCUT2D eigenvalue weighted by atomic mass is 10.0. The summed E-state index contributed by atoms with van der Waals surface area (Å²) in [5.41, 5.74) is -0.264. The molecule has 0 amide bonds. The van der Waals surface area contributed by atoms with E-state index in [2.05, 4.69) is 4.72 Å². The Morgan fingerprint density at radius 3 is 2.14 bits per heavy atom. The standard InChI is InChI=1S/C9H21NO3S/c1-5-8(6-11)10-14(12,13)7-9(2,3)4/h8,10-11H,5-7H2,1-4H3/t8-/m0/s1. The molecule has 5 heteroatoms. The fourth-order valence-electron chi connectivity index (χ4n) is 1.12. The van der Waals surface area contributed by atoms with Gasteiger partial charge in [-0.15, -0.1) is 0 Å². The van der Waals surface area contributed by atoms with Crippen LogP contribution in [0.5, 0.6) is 0 Å². The monoisotopic (exact) mass is 223 g/mol. The molecular formula is C9H21NO3S. The van der Waals surface area contributed by atoms with Crippen molar-refractivity contribution in [2.75, 3.05) is 12.4 Å². The van der Waals surface area contributed by atoms with Crippen LogP contribution in [0.3, 0.4) is 0 Å². The molecule has 0 saturated heterocycles. The quantitative estimate of drug-likeness (QED) is 0.722. The Morgan fingerprint density at radius 1 is 1.36 bits per heavy atom. The topological polar surface area (TPSA) is 66.4 Å². The third kappa shape index (κ3) is 6.34. The number of rotatable bonds is 5. The summed E-state index contributed by atoms with van der Waals surface area (Å²) in [6, 6.07) is -0.359. The van der Waals surface area contributed by atoms with Crippen LogP contribution in [-0.4, -0.2) is 31.9 Å². The van der Waals surface area contributed by atoms with Crippen LogP contribution in [0.2, 0.25) is 0 Å². The molecule has 0 radical (unpaired) electrons. The Labute approximate surface area is 86.8 Å². The van der Waals surface area contributed by atoms with E-state index in [4.69, 9.17) is 5.11 Å². The molecule has 2 N–H and O–H groups in total. The second-order valence-corrected chi connectivity index (χ2v) is 6.48. The normalized spacial score (nSPS) is 15.5. The largest absolute Gasteiger partial charge is 0.395 e. The van der Waals surface area contributed by atoms with Crippen LogP contribution < -0.4 is 4.72 Å². The summed E-state index contributed by atoms with van der Waals surface area (Å²) in [6.45, 7) is 7.28. The SMILES string of the molecule is CC[C@@H](CO)NS(=O)(=O)CC(C)(C)C. The van der Waals surface area contributed by atoms with E-state index in [9.17, 15) is 8.42 Å². The van der Waals surface area contributed by atoms with Crippen LogP contribution in [0, 0.1) is 5.41 Å². The molecular weight excluding hydrogens is 202 g/mol. The summed E-state index contributed by atoms with van der Waals surface area (Å²) >= 11 is 0. The molecule has 0 aliphatic heterocycles. The minimum Gasteiger partial charge on any atom is -0.395 e. The lowest BCUT2D eigenvalue weighted by Crippen LogP contribution is -2.40. The predicted molar refractivity (Wildman–Crippen MR) is 57.5 cm³/mol. The van der Waals surface area contributed by atoms with Gasteiger partial charge in [0.25, 0.3) is 0 Å². The van der Waals surface area contributed by atoms with E-state index in [0.717, 1.165) is 0 Å². The summed E-state index contributed by atoms with van der Waals surface area (Å²) in [7, 11) is -3.27. The van der Waals surface area contributed by atoms with Crippen molar-refractivity contribution < 1.29 is 13.5 Å². The maximum absolute atomic E-state index is 11.6. The van der Waals surface area contributed by atoms with E-state index >= 15 is 0 Å². The summed E-state index contributed by atoms with van der Waals surface area (Å²) in [4.78, 5) is 0. The van der Waals surface area contributed by atoms with Gasteiger partial charge in [0.2, 0.25) is 10.0 Å². The van der Waals surface area contributed by atoms with Crippen LogP contribution in [0.25, 0.3) is 0 Å². The molecule has 0 aromatic rings. The van der Waals surface area contributed by atoms with Gasteiger partial charge in [-0.05, 0) is 11.8 Å².